The molecule has 2 heterocycles. The van der Waals surface area contributed by atoms with Crippen molar-refractivity contribution in [3.63, 3.8) is 0 Å². The van der Waals surface area contributed by atoms with E-state index in [1.54, 1.807) is 7.11 Å². The summed E-state index contributed by atoms with van der Waals surface area (Å²) in [6.07, 6.45) is 2.86. The summed E-state index contributed by atoms with van der Waals surface area (Å²) in [6.45, 7) is 0.510. The van der Waals surface area contributed by atoms with Crippen molar-refractivity contribution < 1.29 is 4.74 Å². The monoisotopic (exact) mass is 267 g/mol. The fraction of sp³-hybridized carbons (Fsp3) is 0.188. The van der Waals surface area contributed by atoms with Crippen LogP contribution in [0.2, 0.25) is 0 Å². The molecule has 0 amide bonds. The molecule has 2 aromatic heterocycles. The number of pyridine rings is 1. The van der Waals surface area contributed by atoms with Gasteiger partial charge in [-0.1, -0.05) is 18.2 Å². The Morgan fingerprint density at radius 3 is 2.65 bits per heavy atom. The number of fused-ring (bicyclic) bond motifs is 1. The largest absolute Gasteiger partial charge is 0.497 e. The molecule has 0 saturated heterocycles. The normalized spacial score (nSPS) is 10.9. The summed E-state index contributed by atoms with van der Waals surface area (Å²) in [5.74, 6) is 0.870. The highest BCUT2D eigenvalue weighted by atomic mass is 16.5. The first-order valence-corrected chi connectivity index (χ1v) is 6.59. The Hall–Kier alpha value is -2.33. The second-order valence-corrected chi connectivity index (χ2v) is 4.71. The van der Waals surface area contributed by atoms with Gasteiger partial charge in [-0.25, -0.2) is 4.98 Å². The van der Waals surface area contributed by atoms with Gasteiger partial charge in [-0.2, -0.15) is 0 Å². The first-order valence-electron chi connectivity index (χ1n) is 6.59. The Labute approximate surface area is 117 Å². The number of imidazole rings is 1. The van der Waals surface area contributed by atoms with Crippen molar-refractivity contribution in [2.75, 3.05) is 7.11 Å². The Bertz CT molecular complexity index is 716. The van der Waals surface area contributed by atoms with E-state index in [0.29, 0.717) is 6.54 Å². The SMILES string of the molecule is COc1ccc(Cc2cn3c(CN)cccc3n2)cc1. The lowest BCUT2D eigenvalue weighted by molar-refractivity contribution is 0.414. The molecule has 3 rings (SSSR count). The Balaban J connectivity index is 1.90. The maximum Gasteiger partial charge on any atom is 0.137 e. The molecular formula is C16H17N3O. The van der Waals surface area contributed by atoms with Crippen LogP contribution in [0.3, 0.4) is 0 Å². The van der Waals surface area contributed by atoms with Crippen LogP contribution in [0.15, 0.2) is 48.7 Å². The number of hydrogen-bond donors (Lipinski definition) is 1. The molecule has 2 N–H and O–H groups in total. The van der Waals surface area contributed by atoms with Crippen LogP contribution in [-0.2, 0) is 13.0 Å². The van der Waals surface area contributed by atoms with Gasteiger partial charge < -0.3 is 14.9 Å². The van der Waals surface area contributed by atoms with Crippen LogP contribution >= 0.6 is 0 Å². The predicted molar refractivity (Wildman–Crippen MR) is 78.9 cm³/mol. The molecule has 4 nitrogen and oxygen atoms in total. The molecule has 0 aliphatic heterocycles. The molecule has 0 atom stereocenters. The van der Waals surface area contributed by atoms with E-state index in [2.05, 4.69) is 27.7 Å². The first kappa shape index (κ1) is 12.7. The molecule has 20 heavy (non-hydrogen) atoms. The second-order valence-electron chi connectivity index (χ2n) is 4.71. The minimum absolute atomic E-state index is 0.510. The number of nitrogens with two attached hydrogens (primary N) is 1. The van der Waals surface area contributed by atoms with Gasteiger partial charge in [-0.15, -0.1) is 0 Å². The zero-order valence-electron chi connectivity index (χ0n) is 11.4. The molecule has 0 saturated carbocycles. The van der Waals surface area contributed by atoms with Gasteiger partial charge in [0.25, 0.3) is 0 Å². The second kappa shape index (κ2) is 5.35. The van der Waals surface area contributed by atoms with Crippen molar-refractivity contribution >= 4 is 5.65 Å². The van der Waals surface area contributed by atoms with E-state index in [9.17, 15) is 0 Å². The van der Waals surface area contributed by atoms with Gasteiger partial charge in [0.05, 0.1) is 12.8 Å². The third kappa shape index (κ3) is 2.38. The average Bonchev–Trinajstić information content (AvgIpc) is 2.90. The van der Waals surface area contributed by atoms with Crippen LogP contribution < -0.4 is 10.5 Å². The van der Waals surface area contributed by atoms with Crippen LogP contribution in [0, 0.1) is 0 Å². The van der Waals surface area contributed by atoms with Crippen LogP contribution in [0.1, 0.15) is 17.0 Å². The topological polar surface area (TPSA) is 52.5 Å². The molecule has 1 aromatic carbocycles. The molecule has 0 aliphatic carbocycles. The Morgan fingerprint density at radius 2 is 1.95 bits per heavy atom. The third-order valence-corrected chi connectivity index (χ3v) is 3.38. The summed E-state index contributed by atoms with van der Waals surface area (Å²) >= 11 is 0. The molecular weight excluding hydrogens is 250 g/mol. The molecule has 4 heteroatoms. The maximum atomic E-state index is 5.75. The van der Waals surface area contributed by atoms with E-state index < -0.39 is 0 Å². The van der Waals surface area contributed by atoms with Gasteiger partial charge in [-0.3, -0.25) is 0 Å². The number of nitrogens with zero attached hydrogens (tertiary/aromatic N) is 2. The number of hydrogen-bond acceptors (Lipinski definition) is 3. The summed E-state index contributed by atoms with van der Waals surface area (Å²) in [4.78, 5) is 4.64. The van der Waals surface area contributed by atoms with Gasteiger partial charge >= 0.3 is 0 Å². The number of aromatic nitrogens is 2. The highest BCUT2D eigenvalue weighted by Crippen LogP contribution is 2.16. The maximum absolute atomic E-state index is 5.75. The van der Waals surface area contributed by atoms with E-state index >= 15 is 0 Å². The summed E-state index contributed by atoms with van der Waals surface area (Å²) in [5.41, 5.74) is 10.0. The van der Waals surface area contributed by atoms with Crippen molar-refractivity contribution in [1.29, 1.82) is 0 Å². The highest BCUT2D eigenvalue weighted by Gasteiger charge is 2.05. The fourth-order valence-electron chi connectivity index (χ4n) is 2.32. The fourth-order valence-corrected chi connectivity index (χ4v) is 2.32. The third-order valence-electron chi connectivity index (χ3n) is 3.38. The minimum Gasteiger partial charge on any atom is -0.497 e. The molecule has 0 aliphatic rings. The van der Waals surface area contributed by atoms with E-state index in [1.165, 1.54) is 5.56 Å². The highest BCUT2D eigenvalue weighted by molar-refractivity contribution is 5.43. The van der Waals surface area contributed by atoms with Crippen molar-refractivity contribution in [3.05, 3.63) is 65.6 Å². The van der Waals surface area contributed by atoms with Crippen molar-refractivity contribution in [1.82, 2.24) is 9.38 Å². The zero-order valence-corrected chi connectivity index (χ0v) is 11.4. The van der Waals surface area contributed by atoms with Crippen LogP contribution in [0.4, 0.5) is 0 Å². The van der Waals surface area contributed by atoms with E-state index in [-0.39, 0.29) is 0 Å². The number of ether oxygens (including phenoxy) is 1. The van der Waals surface area contributed by atoms with E-state index in [1.807, 2.05) is 30.3 Å². The molecule has 3 aromatic rings. The lowest BCUT2D eigenvalue weighted by atomic mass is 10.1. The molecule has 0 radical (unpaired) electrons. The summed E-state index contributed by atoms with van der Waals surface area (Å²) in [7, 11) is 1.67. The minimum atomic E-state index is 0.510. The standard InChI is InChI=1S/C16H17N3O/c1-20-15-7-5-12(6-8-15)9-13-11-19-14(10-17)3-2-4-16(19)18-13/h2-8,11H,9-10,17H2,1H3. The van der Waals surface area contributed by atoms with Gasteiger partial charge in [0.15, 0.2) is 0 Å². The van der Waals surface area contributed by atoms with Gasteiger partial charge in [0.2, 0.25) is 0 Å². The smallest absolute Gasteiger partial charge is 0.137 e. The first-order chi connectivity index (χ1) is 9.80. The number of benzene rings is 1. The predicted octanol–water partition coefficient (Wildman–Crippen LogP) is 2.39. The van der Waals surface area contributed by atoms with Crippen LogP contribution in [0.5, 0.6) is 5.75 Å². The molecule has 0 bridgehead atoms. The quantitative estimate of drug-likeness (QED) is 0.789. The number of rotatable bonds is 4. The lowest BCUT2D eigenvalue weighted by Crippen LogP contribution is -2.02. The summed E-state index contributed by atoms with van der Waals surface area (Å²) in [6, 6.07) is 14.1. The molecule has 0 spiro atoms. The van der Waals surface area contributed by atoms with Gasteiger partial charge in [0, 0.05) is 24.9 Å². The molecule has 0 unspecified atom stereocenters. The Kier molecular flexibility index (Phi) is 3.39. The van der Waals surface area contributed by atoms with E-state index in [0.717, 1.165) is 29.2 Å². The average molecular weight is 267 g/mol. The molecule has 0 fully saturated rings. The zero-order chi connectivity index (χ0) is 13.9. The van der Waals surface area contributed by atoms with Crippen molar-refractivity contribution in [2.45, 2.75) is 13.0 Å². The molecule has 102 valence electrons. The van der Waals surface area contributed by atoms with E-state index in [4.69, 9.17) is 10.5 Å². The van der Waals surface area contributed by atoms with Gasteiger partial charge in [0.1, 0.15) is 11.4 Å². The summed E-state index contributed by atoms with van der Waals surface area (Å²) < 4.78 is 7.22. The van der Waals surface area contributed by atoms with Crippen molar-refractivity contribution in [3.8, 4) is 5.75 Å². The Morgan fingerprint density at radius 1 is 1.15 bits per heavy atom. The van der Waals surface area contributed by atoms with Crippen LogP contribution in [0.25, 0.3) is 5.65 Å². The van der Waals surface area contributed by atoms with Crippen LogP contribution in [-0.4, -0.2) is 16.5 Å². The summed E-state index contributed by atoms with van der Waals surface area (Å²) in [5, 5.41) is 0. The van der Waals surface area contributed by atoms with Crippen molar-refractivity contribution in [2.24, 2.45) is 5.73 Å². The van der Waals surface area contributed by atoms with Gasteiger partial charge in [-0.05, 0) is 29.8 Å². The lowest BCUT2D eigenvalue weighted by Gasteiger charge is -2.01. The number of methoxy groups -OCH3 is 1.